The number of para-hydroxylation sites is 1. The van der Waals surface area contributed by atoms with Gasteiger partial charge in [0.1, 0.15) is 11.6 Å². The highest BCUT2D eigenvalue weighted by molar-refractivity contribution is 6.31. The molecular formula is C20H18ClN3O. The van der Waals surface area contributed by atoms with Crippen LogP contribution in [0.15, 0.2) is 54.2 Å². The van der Waals surface area contributed by atoms with E-state index in [-0.39, 0.29) is 11.6 Å². The van der Waals surface area contributed by atoms with Crippen LogP contribution >= 0.6 is 11.6 Å². The summed E-state index contributed by atoms with van der Waals surface area (Å²) in [5.41, 5.74) is 3.80. The molecule has 0 bridgehead atoms. The Balaban J connectivity index is 1.84. The van der Waals surface area contributed by atoms with E-state index in [1.165, 1.54) is 5.56 Å². The topological polar surface area (TPSA) is 56.1 Å². The fourth-order valence-electron chi connectivity index (χ4n) is 2.93. The largest absolute Gasteiger partial charge is 0.343 e. The van der Waals surface area contributed by atoms with E-state index in [1.807, 2.05) is 42.2 Å². The van der Waals surface area contributed by atoms with Crippen LogP contribution in [0.2, 0.25) is 5.02 Å². The van der Waals surface area contributed by atoms with Gasteiger partial charge in [-0.25, -0.2) is 0 Å². The first-order chi connectivity index (χ1) is 12.0. The zero-order chi connectivity index (χ0) is 18.0. The molecule has 0 aromatic heterocycles. The van der Waals surface area contributed by atoms with E-state index in [4.69, 9.17) is 11.6 Å². The summed E-state index contributed by atoms with van der Waals surface area (Å²) in [5.74, 6) is -0.445. The number of nitrogens with one attached hydrogen (secondary N) is 1. The summed E-state index contributed by atoms with van der Waals surface area (Å²) in [6.45, 7) is 3.96. The average Bonchev–Trinajstić information content (AvgIpc) is 2.91. The molecule has 0 aliphatic carbocycles. The normalized spacial score (nSPS) is 16.3. The van der Waals surface area contributed by atoms with Crippen molar-refractivity contribution in [2.75, 3.05) is 10.2 Å². The number of anilines is 2. The predicted molar refractivity (Wildman–Crippen MR) is 101 cm³/mol. The number of rotatable bonds is 3. The number of nitrogens with zero attached hydrogens (tertiary/aromatic N) is 2. The lowest BCUT2D eigenvalue weighted by Crippen LogP contribution is -2.25. The summed E-state index contributed by atoms with van der Waals surface area (Å²) in [6.07, 6.45) is 2.52. The predicted octanol–water partition coefficient (Wildman–Crippen LogP) is 4.45. The van der Waals surface area contributed by atoms with Crippen molar-refractivity contribution in [3.05, 3.63) is 70.4 Å². The van der Waals surface area contributed by atoms with Crippen LogP contribution < -0.4 is 10.2 Å². The number of amides is 1. The van der Waals surface area contributed by atoms with Crippen molar-refractivity contribution >= 4 is 28.9 Å². The van der Waals surface area contributed by atoms with E-state index >= 15 is 0 Å². The number of hydrogen-bond acceptors (Lipinski definition) is 3. The van der Waals surface area contributed by atoms with Crippen LogP contribution in [0.1, 0.15) is 18.1 Å². The number of carbonyl (C=O) groups excluding carboxylic acids is 1. The summed E-state index contributed by atoms with van der Waals surface area (Å²) in [6, 6.07) is 15.5. The maximum Gasteiger partial charge on any atom is 0.267 e. The molecule has 1 amide bonds. The molecule has 5 heteroatoms. The number of fused-ring (bicyclic) bond motifs is 1. The van der Waals surface area contributed by atoms with Crippen molar-refractivity contribution < 1.29 is 4.79 Å². The van der Waals surface area contributed by atoms with Crippen LogP contribution in [0.3, 0.4) is 0 Å². The summed E-state index contributed by atoms with van der Waals surface area (Å²) in [5, 5.41) is 12.7. The van der Waals surface area contributed by atoms with Crippen molar-refractivity contribution in [1.29, 1.82) is 5.26 Å². The number of hydrogen-bond donors (Lipinski definition) is 1. The van der Waals surface area contributed by atoms with Crippen LogP contribution in [-0.4, -0.2) is 11.9 Å². The lowest BCUT2D eigenvalue weighted by molar-refractivity contribution is -0.112. The summed E-state index contributed by atoms with van der Waals surface area (Å²) < 4.78 is 0. The molecule has 3 rings (SSSR count). The Hall–Kier alpha value is -2.77. The molecule has 0 radical (unpaired) electrons. The Morgan fingerprint density at radius 3 is 2.84 bits per heavy atom. The average molecular weight is 352 g/mol. The molecule has 0 spiro atoms. The lowest BCUT2D eigenvalue weighted by atomic mass is 10.1. The molecule has 2 aromatic rings. The lowest BCUT2D eigenvalue weighted by Gasteiger charge is -2.20. The maximum atomic E-state index is 12.5. The van der Waals surface area contributed by atoms with E-state index in [0.29, 0.717) is 10.7 Å². The first-order valence-electron chi connectivity index (χ1n) is 8.05. The van der Waals surface area contributed by atoms with E-state index in [2.05, 4.69) is 18.3 Å². The SMILES string of the molecule is Cc1ccc(NC(=O)/C(C#N)=C\N2c3ccccc3CC2C)cc1Cl. The Morgan fingerprint density at radius 1 is 1.36 bits per heavy atom. The van der Waals surface area contributed by atoms with Gasteiger partial charge in [0.05, 0.1) is 0 Å². The molecule has 1 atom stereocenters. The van der Waals surface area contributed by atoms with Gasteiger partial charge in [0.15, 0.2) is 0 Å². The minimum absolute atomic E-state index is 0.0558. The molecule has 1 N–H and O–H groups in total. The van der Waals surface area contributed by atoms with Gasteiger partial charge < -0.3 is 10.2 Å². The Labute approximate surface area is 152 Å². The molecule has 0 saturated carbocycles. The third-order valence-electron chi connectivity index (χ3n) is 4.32. The quantitative estimate of drug-likeness (QED) is 0.656. The second-order valence-electron chi connectivity index (χ2n) is 6.16. The molecule has 1 aliphatic rings. The van der Waals surface area contributed by atoms with Gasteiger partial charge in [-0.3, -0.25) is 4.79 Å². The highest BCUT2D eigenvalue weighted by atomic mass is 35.5. The maximum absolute atomic E-state index is 12.5. The summed E-state index contributed by atoms with van der Waals surface area (Å²) in [4.78, 5) is 14.5. The molecule has 2 aromatic carbocycles. The van der Waals surface area contributed by atoms with Gasteiger partial charge in [0.25, 0.3) is 5.91 Å². The minimum atomic E-state index is -0.445. The van der Waals surface area contributed by atoms with E-state index in [1.54, 1.807) is 18.3 Å². The fourth-order valence-corrected chi connectivity index (χ4v) is 3.11. The van der Waals surface area contributed by atoms with E-state index in [0.717, 1.165) is 17.7 Å². The second kappa shape index (κ2) is 7.00. The van der Waals surface area contributed by atoms with Crippen molar-refractivity contribution in [2.45, 2.75) is 26.3 Å². The van der Waals surface area contributed by atoms with Crippen LogP contribution in [-0.2, 0) is 11.2 Å². The summed E-state index contributed by atoms with van der Waals surface area (Å²) in [7, 11) is 0. The number of carbonyl (C=O) groups is 1. The molecule has 1 unspecified atom stereocenters. The van der Waals surface area contributed by atoms with Gasteiger partial charge in [-0.2, -0.15) is 5.26 Å². The molecule has 25 heavy (non-hydrogen) atoms. The second-order valence-corrected chi connectivity index (χ2v) is 6.57. The summed E-state index contributed by atoms with van der Waals surface area (Å²) >= 11 is 6.08. The van der Waals surface area contributed by atoms with Gasteiger partial charge in [-0.05, 0) is 49.6 Å². The number of halogens is 1. The van der Waals surface area contributed by atoms with Gasteiger partial charge in [0, 0.05) is 28.6 Å². The Bertz CT molecular complexity index is 898. The molecule has 4 nitrogen and oxygen atoms in total. The molecule has 1 aliphatic heterocycles. The molecule has 0 saturated heterocycles. The van der Waals surface area contributed by atoms with Crippen molar-refractivity contribution in [3.63, 3.8) is 0 Å². The van der Waals surface area contributed by atoms with Crippen molar-refractivity contribution in [1.82, 2.24) is 0 Å². The Kier molecular flexibility index (Phi) is 4.78. The van der Waals surface area contributed by atoms with Gasteiger partial charge in [0.2, 0.25) is 0 Å². The third kappa shape index (κ3) is 3.52. The first-order valence-corrected chi connectivity index (χ1v) is 8.43. The zero-order valence-electron chi connectivity index (χ0n) is 14.1. The molecule has 1 heterocycles. The number of aryl methyl sites for hydroxylation is 1. The van der Waals surface area contributed by atoms with Crippen LogP contribution in [0.5, 0.6) is 0 Å². The zero-order valence-corrected chi connectivity index (χ0v) is 14.8. The fraction of sp³-hybridized carbons (Fsp3) is 0.200. The van der Waals surface area contributed by atoms with Crippen molar-refractivity contribution in [3.8, 4) is 6.07 Å². The van der Waals surface area contributed by atoms with Crippen LogP contribution in [0.4, 0.5) is 11.4 Å². The number of nitriles is 1. The first kappa shape index (κ1) is 17.1. The molecule has 0 fully saturated rings. The molecular weight excluding hydrogens is 334 g/mol. The third-order valence-corrected chi connectivity index (χ3v) is 4.73. The van der Waals surface area contributed by atoms with E-state index in [9.17, 15) is 10.1 Å². The number of benzene rings is 2. The van der Waals surface area contributed by atoms with Crippen molar-refractivity contribution in [2.24, 2.45) is 0 Å². The minimum Gasteiger partial charge on any atom is -0.343 e. The highest BCUT2D eigenvalue weighted by Crippen LogP contribution is 2.32. The van der Waals surface area contributed by atoms with Gasteiger partial charge >= 0.3 is 0 Å². The monoisotopic (exact) mass is 351 g/mol. The van der Waals surface area contributed by atoms with Crippen LogP contribution in [0, 0.1) is 18.3 Å². The Morgan fingerprint density at radius 2 is 2.12 bits per heavy atom. The van der Waals surface area contributed by atoms with Gasteiger partial charge in [-0.1, -0.05) is 35.9 Å². The van der Waals surface area contributed by atoms with Crippen LogP contribution in [0.25, 0.3) is 0 Å². The van der Waals surface area contributed by atoms with Gasteiger partial charge in [-0.15, -0.1) is 0 Å². The van der Waals surface area contributed by atoms with E-state index < -0.39 is 5.91 Å². The molecule has 126 valence electrons. The standard InChI is InChI=1S/C20H18ClN3O/c1-13-7-8-17(10-18(13)21)23-20(25)16(11-22)12-24-14(2)9-15-5-3-4-6-19(15)24/h3-8,10,12,14H,9H2,1-2H3,(H,23,25)/b16-12-. The highest BCUT2D eigenvalue weighted by Gasteiger charge is 2.25. The smallest absolute Gasteiger partial charge is 0.267 e.